The number of rotatable bonds is 7. The zero-order valence-corrected chi connectivity index (χ0v) is 17.0. The van der Waals surface area contributed by atoms with E-state index in [1.807, 2.05) is 20.8 Å². The number of nitrogens with zero attached hydrogens (tertiary/aromatic N) is 2. The summed E-state index contributed by atoms with van der Waals surface area (Å²) < 4.78 is 39.5. The number of aliphatic hydroxyl groups is 1. The van der Waals surface area contributed by atoms with E-state index in [1.54, 1.807) is 0 Å². The zero-order valence-electron chi connectivity index (χ0n) is 16.1. The average molecular weight is 406 g/mol. The fourth-order valence-electron chi connectivity index (χ4n) is 2.73. The Morgan fingerprint density at radius 1 is 1.56 bits per heavy atom. The van der Waals surface area contributed by atoms with Crippen molar-refractivity contribution in [3.8, 4) is 0 Å². The van der Waals surface area contributed by atoms with Gasteiger partial charge in [0.1, 0.15) is 18.0 Å². The largest absolute Gasteiger partial charge is 0.387 e. The van der Waals surface area contributed by atoms with Crippen LogP contribution in [0.5, 0.6) is 0 Å². The van der Waals surface area contributed by atoms with Crippen LogP contribution in [0.3, 0.4) is 0 Å². The lowest BCUT2D eigenvalue weighted by Gasteiger charge is -2.25. The molecule has 0 aliphatic carbocycles. The number of aliphatic hydroxyl groups excluding tert-OH is 1. The maximum Gasteiger partial charge on any atom is 0.351 e. The highest BCUT2D eigenvalue weighted by Gasteiger charge is 2.55. The Morgan fingerprint density at radius 2 is 2.19 bits per heavy atom. The van der Waals surface area contributed by atoms with Gasteiger partial charge in [0.05, 0.1) is 6.61 Å². The first kappa shape index (κ1) is 22.0. The molecule has 11 heteroatoms. The molecular weight excluding hydrogens is 378 g/mol. The van der Waals surface area contributed by atoms with Crippen LogP contribution in [0.4, 0.5) is 10.2 Å². The molecule has 2 heterocycles. The van der Waals surface area contributed by atoms with Gasteiger partial charge in [-0.1, -0.05) is 13.8 Å². The molecule has 0 saturated carbocycles. The molecule has 1 aliphatic rings. The first-order valence-corrected chi connectivity index (χ1v) is 10.8. The topological polar surface area (TPSA) is 129 Å². The lowest BCUT2D eigenvalue weighted by atomic mass is 9.98. The molecular formula is C16H28FN4O5P. The van der Waals surface area contributed by atoms with Crippen LogP contribution in [-0.4, -0.2) is 51.8 Å². The zero-order chi connectivity index (χ0) is 20.6. The van der Waals surface area contributed by atoms with Gasteiger partial charge in [-0.15, -0.1) is 0 Å². The Labute approximate surface area is 157 Å². The molecule has 1 aromatic rings. The monoisotopic (exact) mass is 406 g/mol. The number of aromatic nitrogens is 2. The molecule has 27 heavy (non-hydrogen) atoms. The molecule has 154 valence electrons. The first-order chi connectivity index (χ1) is 12.3. The van der Waals surface area contributed by atoms with Crippen molar-refractivity contribution in [2.24, 2.45) is 5.92 Å². The summed E-state index contributed by atoms with van der Waals surface area (Å²) in [6.07, 6.45) is -2.87. The van der Waals surface area contributed by atoms with Gasteiger partial charge in [0.25, 0.3) is 7.52 Å². The van der Waals surface area contributed by atoms with Gasteiger partial charge in [-0.3, -0.25) is 9.13 Å². The van der Waals surface area contributed by atoms with Crippen LogP contribution >= 0.6 is 7.52 Å². The van der Waals surface area contributed by atoms with Gasteiger partial charge in [0.2, 0.25) is 0 Å². The molecule has 1 saturated heterocycles. The van der Waals surface area contributed by atoms with Crippen LogP contribution in [0.15, 0.2) is 17.1 Å². The predicted octanol–water partition coefficient (Wildman–Crippen LogP) is 1.29. The minimum Gasteiger partial charge on any atom is -0.387 e. The molecule has 0 aromatic carbocycles. The third-order valence-corrected chi connectivity index (χ3v) is 6.26. The molecule has 0 spiro atoms. The van der Waals surface area contributed by atoms with E-state index in [9.17, 15) is 14.5 Å². The first-order valence-electron chi connectivity index (χ1n) is 8.72. The Hall–Kier alpha value is -1.32. The van der Waals surface area contributed by atoms with E-state index in [2.05, 4.69) is 10.1 Å². The Kier molecular flexibility index (Phi) is 6.48. The van der Waals surface area contributed by atoms with Gasteiger partial charge in [-0.05, 0) is 25.8 Å². The molecule has 2 unspecified atom stereocenters. The van der Waals surface area contributed by atoms with Crippen LogP contribution in [0.25, 0.3) is 0 Å². The van der Waals surface area contributed by atoms with Crippen molar-refractivity contribution in [3.05, 3.63) is 22.7 Å². The van der Waals surface area contributed by atoms with Gasteiger partial charge in [0, 0.05) is 18.9 Å². The van der Waals surface area contributed by atoms with Crippen LogP contribution in [0, 0.1) is 5.92 Å². The smallest absolute Gasteiger partial charge is 0.351 e. The molecule has 0 amide bonds. The van der Waals surface area contributed by atoms with Gasteiger partial charge in [-0.2, -0.15) is 4.98 Å². The number of anilines is 1. The number of nitrogen functional groups attached to an aromatic ring is 1. The van der Waals surface area contributed by atoms with Crippen molar-refractivity contribution >= 4 is 13.3 Å². The summed E-state index contributed by atoms with van der Waals surface area (Å²) in [4.78, 5) is 15.5. The summed E-state index contributed by atoms with van der Waals surface area (Å²) >= 11 is 0. The third-order valence-electron chi connectivity index (χ3n) is 4.74. The lowest BCUT2D eigenvalue weighted by Crippen LogP contribution is -2.43. The van der Waals surface area contributed by atoms with Crippen LogP contribution in [0.1, 0.15) is 33.9 Å². The van der Waals surface area contributed by atoms with Crippen molar-refractivity contribution in [1.29, 1.82) is 0 Å². The Balaban J connectivity index is 2.11. The number of hydrogen-bond acceptors (Lipinski definition) is 7. The number of halogens is 1. The average Bonchev–Trinajstić information content (AvgIpc) is 2.76. The SMILES string of the molecule is CC(C)[C@H](C)NP(C)(=O)OC[C@H]1O[C@@H](n2ccc(N)nc2=O)C(C)(F)[C@H]1O. The molecule has 0 bridgehead atoms. The van der Waals surface area contributed by atoms with Crippen molar-refractivity contribution in [1.82, 2.24) is 14.6 Å². The molecule has 9 nitrogen and oxygen atoms in total. The van der Waals surface area contributed by atoms with E-state index in [4.69, 9.17) is 15.0 Å². The van der Waals surface area contributed by atoms with E-state index in [-0.39, 0.29) is 24.4 Å². The number of hydrogen-bond donors (Lipinski definition) is 3. The Morgan fingerprint density at radius 3 is 2.74 bits per heavy atom. The quantitative estimate of drug-likeness (QED) is 0.578. The van der Waals surface area contributed by atoms with Crippen LogP contribution in [0.2, 0.25) is 0 Å². The highest BCUT2D eigenvalue weighted by molar-refractivity contribution is 7.56. The van der Waals surface area contributed by atoms with Gasteiger partial charge in [0.15, 0.2) is 11.9 Å². The van der Waals surface area contributed by atoms with Gasteiger partial charge >= 0.3 is 5.69 Å². The Bertz CT molecular complexity index is 771. The van der Waals surface area contributed by atoms with Gasteiger partial charge < -0.3 is 20.1 Å². The summed E-state index contributed by atoms with van der Waals surface area (Å²) in [5.74, 6) is 0.228. The molecule has 1 aromatic heterocycles. The van der Waals surface area contributed by atoms with Crippen molar-refractivity contribution in [3.63, 3.8) is 0 Å². The molecule has 1 fully saturated rings. The van der Waals surface area contributed by atoms with Crippen LogP contribution < -0.4 is 16.5 Å². The van der Waals surface area contributed by atoms with E-state index in [1.165, 1.54) is 18.9 Å². The number of nitrogens with one attached hydrogen (secondary N) is 1. The highest BCUT2D eigenvalue weighted by atomic mass is 31.2. The molecule has 0 radical (unpaired) electrons. The second-order valence-electron chi connectivity index (χ2n) is 7.47. The minimum absolute atomic E-state index is 0.00694. The molecule has 4 N–H and O–H groups in total. The summed E-state index contributed by atoms with van der Waals surface area (Å²) in [5, 5.41) is 13.2. The summed E-state index contributed by atoms with van der Waals surface area (Å²) in [6.45, 7) is 8.04. The van der Waals surface area contributed by atoms with E-state index in [0.717, 1.165) is 11.5 Å². The third kappa shape index (κ3) is 4.94. The van der Waals surface area contributed by atoms with Gasteiger partial charge in [-0.25, -0.2) is 14.3 Å². The van der Waals surface area contributed by atoms with Crippen LogP contribution in [-0.2, 0) is 13.8 Å². The van der Waals surface area contributed by atoms with Crippen molar-refractivity contribution in [2.45, 2.75) is 57.8 Å². The summed E-state index contributed by atoms with van der Waals surface area (Å²) in [5.41, 5.74) is 2.35. The molecule has 1 aliphatic heterocycles. The second-order valence-corrected chi connectivity index (χ2v) is 9.68. The minimum atomic E-state index is -3.19. The predicted molar refractivity (Wildman–Crippen MR) is 99.3 cm³/mol. The number of ether oxygens (including phenoxy) is 1. The fourth-order valence-corrected chi connectivity index (χ4v) is 4.27. The maximum atomic E-state index is 15.1. The highest BCUT2D eigenvalue weighted by Crippen LogP contribution is 2.44. The summed E-state index contributed by atoms with van der Waals surface area (Å²) in [7, 11) is -3.19. The van der Waals surface area contributed by atoms with Crippen molar-refractivity contribution < 1.29 is 23.3 Å². The normalized spacial score (nSPS) is 31.8. The van der Waals surface area contributed by atoms with E-state index < -0.39 is 37.3 Å². The molecule has 2 rings (SSSR count). The second kappa shape index (κ2) is 7.97. The fraction of sp³-hybridized carbons (Fsp3) is 0.750. The lowest BCUT2D eigenvalue weighted by molar-refractivity contribution is -0.0584. The maximum absolute atomic E-state index is 15.1. The van der Waals surface area contributed by atoms with E-state index in [0.29, 0.717) is 0 Å². The number of alkyl halides is 1. The number of nitrogens with two attached hydrogens (primary N) is 1. The standard InChI is InChI=1S/C16H28FN4O5P/c1-9(2)10(3)20-27(5,24)25-8-11-13(22)16(4,17)14(26-11)21-7-6-12(18)19-15(21)23/h6-7,9-11,13-14,22H,8H2,1-5H3,(H,20,24)(H2,18,19,23)/t10-,11+,13-,14+,16?,27?/m0/s1. The molecule has 6 atom stereocenters. The summed E-state index contributed by atoms with van der Waals surface area (Å²) in [6, 6.07) is 1.27. The van der Waals surface area contributed by atoms with E-state index >= 15 is 4.39 Å². The van der Waals surface area contributed by atoms with Crippen molar-refractivity contribution in [2.75, 3.05) is 19.0 Å².